The molecule has 0 bridgehead atoms. The van der Waals surface area contributed by atoms with Gasteiger partial charge in [0.2, 0.25) is 0 Å². The molecule has 140 valence electrons. The number of alkyl halides is 3. The average molecular weight is 371 g/mol. The molecule has 1 saturated heterocycles. The molecule has 2 heterocycles. The van der Waals surface area contributed by atoms with E-state index in [1.165, 1.54) is 23.1 Å². The molecule has 1 atom stereocenters. The first-order chi connectivity index (χ1) is 12.3. The summed E-state index contributed by atoms with van der Waals surface area (Å²) in [7, 11) is 0. The Morgan fingerprint density at radius 3 is 2.73 bits per heavy atom. The fourth-order valence-corrected chi connectivity index (χ4v) is 2.90. The van der Waals surface area contributed by atoms with Crippen LogP contribution in [0.1, 0.15) is 29.4 Å². The zero-order valence-corrected chi connectivity index (χ0v) is 14.0. The number of hydrogen-bond donors (Lipinski definition) is 0. The summed E-state index contributed by atoms with van der Waals surface area (Å²) in [6.45, 7) is 2.53. The van der Waals surface area contributed by atoms with Crippen LogP contribution in [0.3, 0.4) is 0 Å². The molecule has 1 aliphatic heterocycles. The number of ether oxygens (including phenoxy) is 1. The number of amides is 1. The van der Waals surface area contributed by atoms with Gasteiger partial charge in [-0.2, -0.15) is 18.3 Å². The maximum absolute atomic E-state index is 14.0. The lowest BCUT2D eigenvalue weighted by molar-refractivity contribution is -0.143. The maximum atomic E-state index is 14.0. The largest absolute Gasteiger partial charge is 0.434 e. The zero-order valence-electron chi connectivity index (χ0n) is 14.0. The highest BCUT2D eigenvalue weighted by molar-refractivity contribution is 5.95. The van der Waals surface area contributed by atoms with Crippen molar-refractivity contribution in [2.45, 2.75) is 25.6 Å². The maximum Gasteiger partial charge on any atom is 0.434 e. The molecule has 0 N–H and O–H groups in total. The Labute approximate surface area is 147 Å². The first-order valence-electron chi connectivity index (χ1n) is 8.14. The van der Waals surface area contributed by atoms with Gasteiger partial charge in [-0.15, -0.1) is 0 Å². The highest BCUT2D eigenvalue weighted by atomic mass is 19.4. The molecule has 1 aliphatic rings. The third-order valence-electron chi connectivity index (χ3n) is 4.23. The number of para-hydroxylation sites is 1. The van der Waals surface area contributed by atoms with Gasteiger partial charge in [-0.1, -0.05) is 19.1 Å². The number of rotatable bonds is 3. The fraction of sp³-hybridized carbons (Fsp3) is 0.412. The molecule has 1 aromatic heterocycles. The van der Waals surface area contributed by atoms with Crippen LogP contribution in [-0.2, 0) is 10.9 Å². The number of carbonyl (C=O) groups is 1. The molecule has 0 aliphatic carbocycles. The minimum atomic E-state index is -4.87. The number of aromatic nitrogens is 2. The van der Waals surface area contributed by atoms with E-state index in [0.717, 1.165) is 12.3 Å². The molecule has 2 aromatic rings. The van der Waals surface area contributed by atoms with Crippen LogP contribution >= 0.6 is 0 Å². The summed E-state index contributed by atoms with van der Waals surface area (Å²) >= 11 is 0. The summed E-state index contributed by atoms with van der Waals surface area (Å²) in [5.41, 5.74) is -2.25. The summed E-state index contributed by atoms with van der Waals surface area (Å²) < 4.78 is 60.8. The van der Waals surface area contributed by atoms with Gasteiger partial charge >= 0.3 is 6.18 Å². The van der Waals surface area contributed by atoms with Crippen LogP contribution in [0.25, 0.3) is 5.69 Å². The standard InChI is InChI=1S/C17H17F4N3O2/c1-2-11-10-23(7-8-26-11)16(25)12-9-22-24(15(12)17(19,20)21)14-6-4-3-5-13(14)18/h3-6,9,11H,2,7-8,10H2,1H3. The second kappa shape index (κ2) is 7.06. The van der Waals surface area contributed by atoms with Gasteiger partial charge in [0.05, 0.1) is 24.5 Å². The lowest BCUT2D eigenvalue weighted by atomic mass is 10.1. The fourth-order valence-electron chi connectivity index (χ4n) is 2.90. The van der Waals surface area contributed by atoms with Crippen LogP contribution in [0.4, 0.5) is 17.6 Å². The molecule has 1 unspecified atom stereocenters. The molecule has 26 heavy (non-hydrogen) atoms. The van der Waals surface area contributed by atoms with Crippen molar-refractivity contribution in [3.8, 4) is 5.69 Å². The number of morpholine rings is 1. The van der Waals surface area contributed by atoms with E-state index < -0.39 is 29.2 Å². The molecule has 0 radical (unpaired) electrons. The Morgan fingerprint density at radius 1 is 1.35 bits per heavy atom. The van der Waals surface area contributed by atoms with Gasteiger partial charge in [0.15, 0.2) is 5.69 Å². The lowest BCUT2D eigenvalue weighted by Gasteiger charge is -2.32. The minimum Gasteiger partial charge on any atom is -0.375 e. The Morgan fingerprint density at radius 2 is 2.08 bits per heavy atom. The third-order valence-corrected chi connectivity index (χ3v) is 4.23. The van der Waals surface area contributed by atoms with Crippen molar-refractivity contribution in [2.75, 3.05) is 19.7 Å². The van der Waals surface area contributed by atoms with Crippen LogP contribution in [-0.4, -0.2) is 46.4 Å². The van der Waals surface area contributed by atoms with E-state index in [0.29, 0.717) is 11.1 Å². The van der Waals surface area contributed by atoms with Gasteiger partial charge in [0, 0.05) is 13.1 Å². The van der Waals surface area contributed by atoms with Gasteiger partial charge in [0.25, 0.3) is 5.91 Å². The van der Waals surface area contributed by atoms with E-state index in [1.807, 2.05) is 6.92 Å². The number of carbonyl (C=O) groups excluding carboxylic acids is 1. The molecule has 1 aromatic carbocycles. The second-order valence-electron chi connectivity index (χ2n) is 5.92. The van der Waals surface area contributed by atoms with Crippen molar-refractivity contribution in [3.63, 3.8) is 0 Å². The molecule has 9 heteroatoms. The van der Waals surface area contributed by atoms with Crippen molar-refractivity contribution < 1.29 is 27.1 Å². The van der Waals surface area contributed by atoms with E-state index in [-0.39, 0.29) is 31.5 Å². The summed E-state index contributed by atoms with van der Waals surface area (Å²) in [6, 6.07) is 4.97. The Kier molecular flexibility index (Phi) is 4.99. The number of nitrogens with zero attached hydrogens (tertiary/aromatic N) is 3. The van der Waals surface area contributed by atoms with Crippen LogP contribution in [0.2, 0.25) is 0 Å². The summed E-state index contributed by atoms with van der Waals surface area (Å²) in [6.07, 6.45) is -3.61. The van der Waals surface area contributed by atoms with Crippen molar-refractivity contribution in [1.29, 1.82) is 0 Å². The van der Waals surface area contributed by atoms with Gasteiger partial charge in [-0.05, 0) is 18.6 Å². The second-order valence-corrected chi connectivity index (χ2v) is 5.92. The first kappa shape index (κ1) is 18.4. The topological polar surface area (TPSA) is 47.4 Å². The molecule has 0 saturated carbocycles. The Hall–Kier alpha value is -2.42. The quantitative estimate of drug-likeness (QED) is 0.778. The minimum absolute atomic E-state index is 0.192. The normalized spacial score (nSPS) is 18.2. The van der Waals surface area contributed by atoms with E-state index >= 15 is 0 Å². The lowest BCUT2D eigenvalue weighted by Crippen LogP contribution is -2.45. The molecule has 0 spiro atoms. The average Bonchev–Trinajstić information content (AvgIpc) is 3.06. The predicted octanol–water partition coefficient (Wildman–Crippen LogP) is 3.28. The van der Waals surface area contributed by atoms with E-state index in [1.54, 1.807) is 0 Å². The van der Waals surface area contributed by atoms with Crippen LogP contribution in [0.5, 0.6) is 0 Å². The van der Waals surface area contributed by atoms with Crippen molar-refractivity contribution in [1.82, 2.24) is 14.7 Å². The van der Waals surface area contributed by atoms with Crippen LogP contribution < -0.4 is 0 Å². The van der Waals surface area contributed by atoms with E-state index in [4.69, 9.17) is 4.74 Å². The smallest absolute Gasteiger partial charge is 0.375 e. The van der Waals surface area contributed by atoms with Gasteiger partial charge in [0.1, 0.15) is 11.5 Å². The van der Waals surface area contributed by atoms with Crippen molar-refractivity contribution in [3.05, 3.63) is 47.5 Å². The summed E-state index contributed by atoms with van der Waals surface area (Å²) in [4.78, 5) is 14.0. The monoisotopic (exact) mass is 371 g/mol. The molecule has 1 amide bonds. The Balaban J connectivity index is 2.03. The molecular weight excluding hydrogens is 354 g/mol. The Bertz CT molecular complexity index is 804. The van der Waals surface area contributed by atoms with Gasteiger partial charge in [-0.3, -0.25) is 4.79 Å². The van der Waals surface area contributed by atoms with Crippen LogP contribution in [0.15, 0.2) is 30.5 Å². The number of benzene rings is 1. The molecular formula is C17H17F4N3O2. The summed E-state index contributed by atoms with van der Waals surface area (Å²) in [5.74, 6) is -1.65. The van der Waals surface area contributed by atoms with Crippen LogP contribution in [0, 0.1) is 5.82 Å². The van der Waals surface area contributed by atoms with E-state index in [2.05, 4.69) is 5.10 Å². The third kappa shape index (κ3) is 3.44. The summed E-state index contributed by atoms with van der Waals surface area (Å²) in [5, 5.41) is 3.65. The van der Waals surface area contributed by atoms with Crippen molar-refractivity contribution in [2.24, 2.45) is 0 Å². The molecule has 5 nitrogen and oxygen atoms in total. The first-order valence-corrected chi connectivity index (χ1v) is 8.14. The van der Waals surface area contributed by atoms with Crippen molar-refractivity contribution >= 4 is 5.91 Å². The number of hydrogen-bond acceptors (Lipinski definition) is 3. The predicted molar refractivity (Wildman–Crippen MR) is 84.5 cm³/mol. The number of halogens is 4. The SMILES string of the molecule is CCC1CN(C(=O)c2cnn(-c3ccccc3F)c2C(F)(F)F)CCO1. The van der Waals surface area contributed by atoms with Gasteiger partial charge in [-0.25, -0.2) is 9.07 Å². The molecule has 3 rings (SSSR count). The highest BCUT2D eigenvalue weighted by Crippen LogP contribution is 2.34. The highest BCUT2D eigenvalue weighted by Gasteiger charge is 2.42. The van der Waals surface area contributed by atoms with Gasteiger partial charge < -0.3 is 9.64 Å². The zero-order chi connectivity index (χ0) is 18.9. The van der Waals surface area contributed by atoms with E-state index in [9.17, 15) is 22.4 Å². The molecule has 1 fully saturated rings.